The Labute approximate surface area is 127 Å². The fourth-order valence-corrected chi connectivity index (χ4v) is 2.25. The highest BCUT2D eigenvalue weighted by Crippen LogP contribution is 2.18. The number of aromatic nitrogens is 2. The molecule has 0 aliphatic rings. The Kier molecular flexibility index (Phi) is 4.47. The molecule has 0 saturated carbocycles. The standard InChI is InChI=1S/C14H16ClN3O3/c1-3-10-13(14(21)17(2)7-6-12(19)20)18-8-9(15)4-5-11(18)16-10/h4-5,8H,3,6-7H2,1-2H3,(H,19,20). The zero-order valence-electron chi connectivity index (χ0n) is 11.8. The predicted molar refractivity (Wildman–Crippen MR) is 78.8 cm³/mol. The van der Waals surface area contributed by atoms with E-state index < -0.39 is 5.97 Å². The molecular weight excluding hydrogens is 294 g/mol. The molecule has 0 radical (unpaired) electrons. The van der Waals surface area contributed by atoms with Crippen LogP contribution in [-0.2, 0) is 11.2 Å². The second kappa shape index (κ2) is 6.13. The lowest BCUT2D eigenvalue weighted by Gasteiger charge is -2.16. The Bertz CT molecular complexity index is 696. The number of halogens is 1. The highest BCUT2D eigenvalue weighted by Gasteiger charge is 2.21. The van der Waals surface area contributed by atoms with Gasteiger partial charge in [-0.1, -0.05) is 18.5 Å². The maximum absolute atomic E-state index is 12.6. The quantitative estimate of drug-likeness (QED) is 0.917. The largest absolute Gasteiger partial charge is 0.481 e. The molecule has 7 heteroatoms. The fraction of sp³-hybridized carbons (Fsp3) is 0.357. The number of pyridine rings is 1. The second-order valence-electron chi connectivity index (χ2n) is 4.71. The van der Waals surface area contributed by atoms with E-state index in [-0.39, 0.29) is 18.9 Å². The first-order valence-electron chi connectivity index (χ1n) is 6.57. The number of amides is 1. The number of hydrogen-bond donors (Lipinski definition) is 1. The number of hydrogen-bond acceptors (Lipinski definition) is 3. The van der Waals surface area contributed by atoms with E-state index in [4.69, 9.17) is 16.7 Å². The SMILES string of the molecule is CCc1nc2ccc(Cl)cn2c1C(=O)N(C)CCC(=O)O. The van der Waals surface area contributed by atoms with Crippen molar-refractivity contribution in [3.63, 3.8) is 0 Å². The van der Waals surface area contributed by atoms with Gasteiger partial charge in [0.05, 0.1) is 17.1 Å². The lowest BCUT2D eigenvalue weighted by molar-refractivity contribution is -0.137. The van der Waals surface area contributed by atoms with Crippen LogP contribution in [0.2, 0.25) is 5.02 Å². The first-order valence-corrected chi connectivity index (χ1v) is 6.95. The van der Waals surface area contributed by atoms with Gasteiger partial charge in [-0.05, 0) is 18.6 Å². The molecule has 112 valence electrons. The highest BCUT2D eigenvalue weighted by molar-refractivity contribution is 6.30. The summed E-state index contributed by atoms with van der Waals surface area (Å²) in [5.41, 5.74) is 1.75. The van der Waals surface area contributed by atoms with Gasteiger partial charge in [-0.2, -0.15) is 0 Å². The number of fused-ring (bicyclic) bond motifs is 1. The maximum atomic E-state index is 12.6. The third-order valence-electron chi connectivity index (χ3n) is 3.20. The number of imidazole rings is 1. The van der Waals surface area contributed by atoms with Gasteiger partial charge in [-0.25, -0.2) is 4.98 Å². The first-order chi connectivity index (χ1) is 9.93. The minimum atomic E-state index is -0.938. The smallest absolute Gasteiger partial charge is 0.305 e. The predicted octanol–water partition coefficient (Wildman–Crippen LogP) is 2.10. The first kappa shape index (κ1) is 15.3. The Morgan fingerprint density at radius 2 is 2.14 bits per heavy atom. The molecule has 2 rings (SSSR count). The number of rotatable bonds is 5. The number of aliphatic carboxylic acids is 1. The summed E-state index contributed by atoms with van der Waals surface area (Å²) in [4.78, 5) is 29.0. The second-order valence-corrected chi connectivity index (χ2v) is 5.14. The van der Waals surface area contributed by atoms with Crippen LogP contribution in [0.1, 0.15) is 29.5 Å². The van der Waals surface area contributed by atoms with Crippen molar-refractivity contribution in [2.24, 2.45) is 0 Å². The van der Waals surface area contributed by atoms with E-state index in [9.17, 15) is 9.59 Å². The number of aryl methyl sites for hydroxylation is 1. The molecule has 2 aromatic rings. The van der Waals surface area contributed by atoms with Crippen LogP contribution in [-0.4, -0.2) is 44.9 Å². The van der Waals surface area contributed by atoms with Crippen LogP contribution < -0.4 is 0 Å². The highest BCUT2D eigenvalue weighted by atomic mass is 35.5. The molecule has 0 spiro atoms. The number of carbonyl (C=O) groups excluding carboxylic acids is 1. The Hall–Kier alpha value is -2.08. The number of nitrogens with zero attached hydrogens (tertiary/aromatic N) is 3. The van der Waals surface area contributed by atoms with E-state index in [0.717, 1.165) is 0 Å². The van der Waals surface area contributed by atoms with Crippen molar-refractivity contribution in [3.8, 4) is 0 Å². The summed E-state index contributed by atoms with van der Waals surface area (Å²) >= 11 is 5.98. The van der Waals surface area contributed by atoms with Crippen molar-refractivity contribution in [1.29, 1.82) is 0 Å². The van der Waals surface area contributed by atoms with Crippen molar-refractivity contribution < 1.29 is 14.7 Å². The van der Waals surface area contributed by atoms with E-state index in [1.165, 1.54) is 4.90 Å². The summed E-state index contributed by atoms with van der Waals surface area (Å²) in [6.45, 7) is 2.06. The summed E-state index contributed by atoms with van der Waals surface area (Å²) < 4.78 is 1.65. The van der Waals surface area contributed by atoms with Gasteiger partial charge in [0.2, 0.25) is 0 Å². The average molecular weight is 310 g/mol. The topological polar surface area (TPSA) is 74.9 Å². The zero-order valence-corrected chi connectivity index (χ0v) is 12.6. The van der Waals surface area contributed by atoms with Crippen LogP contribution in [0, 0.1) is 0 Å². The van der Waals surface area contributed by atoms with Crippen molar-refractivity contribution in [1.82, 2.24) is 14.3 Å². The van der Waals surface area contributed by atoms with Crippen molar-refractivity contribution >= 4 is 29.1 Å². The van der Waals surface area contributed by atoms with Crippen LogP contribution in [0.15, 0.2) is 18.3 Å². The van der Waals surface area contributed by atoms with Crippen molar-refractivity contribution in [2.45, 2.75) is 19.8 Å². The van der Waals surface area contributed by atoms with Crippen LogP contribution in [0.3, 0.4) is 0 Å². The third-order valence-corrected chi connectivity index (χ3v) is 3.42. The third kappa shape index (κ3) is 3.16. The van der Waals surface area contributed by atoms with Crippen LogP contribution in [0.4, 0.5) is 0 Å². The summed E-state index contributed by atoms with van der Waals surface area (Å²) in [6.07, 6.45) is 2.15. The maximum Gasteiger partial charge on any atom is 0.305 e. The fourth-order valence-electron chi connectivity index (χ4n) is 2.09. The molecule has 1 amide bonds. The Balaban J connectivity index is 2.41. The van der Waals surface area contributed by atoms with Crippen molar-refractivity contribution in [3.05, 3.63) is 34.7 Å². The monoisotopic (exact) mass is 309 g/mol. The number of carboxylic acids is 1. The molecule has 0 aliphatic heterocycles. The number of carboxylic acid groups (broad SMARTS) is 1. The van der Waals surface area contributed by atoms with Crippen LogP contribution in [0.5, 0.6) is 0 Å². The molecule has 1 N–H and O–H groups in total. The van der Waals surface area contributed by atoms with E-state index >= 15 is 0 Å². The minimum Gasteiger partial charge on any atom is -0.481 e. The lowest BCUT2D eigenvalue weighted by atomic mass is 10.2. The van der Waals surface area contributed by atoms with Crippen LogP contribution in [0.25, 0.3) is 5.65 Å². The molecule has 2 heterocycles. The van der Waals surface area contributed by atoms with Gasteiger partial charge in [0, 0.05) is 19.8 Å². The van der Waals surface area contributed by atoms with E-state index in [0.29, 0.717) is 28.5 Å². The summed E-state index contributed by atoms with van der Waals surface area (Å²) in [5.74, 6) is -1.20. The Morgan fingerprint density at radius 1 is 1.43 bits per heavy atom. The van der Waals surface area contributed by atoms with Gasteiger partial charge in [0.1, 0.15) is 11.3 Å². The van der Waals surface area contributed by atoms with Gasteiger partial charge >= 0.3 is 5.97 Å². The van der Waals surface area contributed by atoms with Gasteiger partial charge in [0.15, 0.2) is 0 Å². The summed E-state index contributed by atoms with van der Waals surface area (Å²) in [7, 11) is 1.58. The molecule has 0 unspecified atom stereocenters. The molecule has 0 aromatic carbocycles. The van der Waals surface area contributed by atoms with E-state index in [1.54, 1.807) is 29.8 Å². The molecule has 2 aromatic heterocycles. The van der Waals surface area contributed by atoms with E-state index in [2.05, 4.69) is 4.98 Å². The van der Waals surface area contributed by atoms with E-state index in [1.807, 2.05) is 6.92 Å². The molecule has 0 atom stereocenters. The van der Waals surface area contributed by atoms with Crippen LogP contribution >= 0.6 is 11.6 Å². The normalized spacial score (nSPS) is 10.8. The average Bonchev–Trinajstić information content (AvgIpc) is 2.81. The summed E-state index contributed by atoms with van der Waals surface area (Å²) in [5, 5.41) is 9.22. The molecule has 0 bridgehead atoms. The molecule has 21 heavy (non-hydrogen) atoms. The number of carbonyl (C=O) groups is 2. The van der Waals surface area contributed by atoms with Gasteiger partial charge in [-0.3, -0.25) is 14.0 Å². The van der Waals surface area contributed by atoms with Gasteiger partial charge in [-0.15, -0.1) is 0 Å². The lowest BCUT2D eigenvalue weighted by Crippen LogP contribution is -2.30. The van der Waals surface area contributed by atoms with Crippen molar-refractivity contribution in [2.75, 3.05) is 13.6 Å². The molecule has 6 nitrogen and oxygen atoms in total. The van der Waals surface area contributed by atoms with Gasteiger partial charge < -0.3 is 10.0 Å². The zero-order chi connectivity index (χ0) is 15.6. The summed E-state index contributed by atoms with van der Waals surface area (Å²) in [6, 6.07) is 3.46. The Morgan fingerprint density at radius 3 is 2.76 bits per heavy atom. The molecule has 0 fully saturated rings. The molecular formula is C14H16ClN3O3. The minimum absolute atomic E-state index is 0.0960. The van der Waals surface area contributed by atoms with Gasteiger partial charge in [0.25, 0.3) is 5.91 Å². The molecule has 0 aliphatic carbocycles. The molecule has 0 saturated heterocycles.